The Morgan fingerprint density at radius 2 is 1.90 bits per heavy atom. The van der Waals surface area contributed by atoms with Crippen molar-refractivity contribution < 1.29 is 14.3 Å². The van der Waals surface area contributed by atoms with E-state index in [2.05, 4.69) is 45.7 Å². The van der Waals surface area contributed by atoms with Gasteiger partial charge < -0.3 is 25.0 Å². The van der Waals surface area contributed by atoms with Gasteiger partial charge in [0.15, 0.2) is 11.5 Å². The van der Waals surface area contributed by atoms with Crippen LogP contribution in [0.15, 0.2) is 0 Å². The van der Waals surface area contributed by atoms with Gasteiger partial charge in [-0.2, -0.15) is 9.97 Å². The van der Waals surface area contributed by atoms with E-state index < -0.39 is 5.97 Å². The number of likely N-dealkylation sites (tertiary alicyclic amines) is 1. The third kappa shape index (κ3) is 4.90. The lowest BCUT2D eigenvalue weighted by atomic mass is 10.1. The quantitative estimate of drug-likeness (QED) is 0.671. The second-order valence-corrected chi connectivity index (χ2v) is 7.89. The molecule has 9 nitrogen and oxygen atoms in total. The molecule has 0 radical (unpaired) electrons. The lowest BCUT2D eigenvalue weighted by molar-refractivity contribution is 0.0518. The molecule has 2 aliphatic rings. The Labute approximate surface area is 173 Å². The van der Waals surface area contributed by atoms with E-state index in [1.54, 1.807) is 6.92 Å². The summed E-state index contributed by atoms with van der Waals surface area (Å²) in [6.07, 6.45) is 3.27. The van der Waals surface area contributed by atoms with Crippen molar-refractivity contribution in [3.8, 4) is 6.01 Å². The standard InChI is InChI=1S/C20H34N6O3/c1-5-14-12-26(11-10-25(14)4)18-16(21)17(19(27)28-6-2)22-20(23-18)29-13-15-8-7-9-24(15)3/h14-15H,5-13,21H2,1-4H3/t14?,15-/m0/s1. The van der Waals surface area contributed by atoms with E-state index in [4.69, 9.17) is 15.2 Å². The number of nitrogen functional groups attached to an aromatic ring is 1. The molecule has 0 aromatic carbocycles. The smallest absolute Gasteiger partial charge is 0.359 e. The number of aromatic nitrogens is 2. The highest BCUT2D eigenvalue weighted by molar-refractivity contribution is 5.95. The third-order valence-electron chi connectivity index (χ3n) is 6.00. The maximum absolute atomic E-state index is 12.5. The summed E-state index contributed by atoms with van der Waals surface area (Å²) in [4.78, 5) is 28.1. The summed E-state index contributed by atoms with van der Waals surface area (Å²) in [5.74, 6) is 0.0158. The molecule has 0 saturated carbocycles. The van der Waals surface area contributed by atoms with Crippen LogP contribution in [0.5, 0.6) is 6.01 Å². The largest absolute Gasteiger partial charge is 0.462 e. The van der Waals surface area contributed by atoms with Crippen LogP contribution < -0.4 is 15.4 Å². The summed E-state index contributed by atoms with van der Waals surface area (Å²) in [6.45, 7) is 8.22. The Balaban J connectivity index is 1.87. The van der Waals surface area contributed by atoms with Crippen molar-refractivity contribution in [1.82, 2.24) is 19.8 Å². The molecule has 162 valence electrons. The summed E-state index contributed by atoms with van der Waals surface area (Å²) in [6, 6.07) is 0.920. The minimum absolute atomic E-state index is 0.0820. The van der Waals surface area contributed by atoms with Crippen LogP contribution in [0.25, 0.3) is 0 Å². The maximum atomic E-state index is 12.5. The molecule has 0 aliphatic carbocycles. The first-order valence-electron chi connectivity index (χ1n) is 10.6. The molecule has 2 N–H and O–H groups in total. The highest BCUT2D eigenvalue weighted by Crippen LogP contribution is 2.29. The first-order chi connectivity index (χ1) is 13.9. The van der Waals surface area contributed by atoms with Crippen LogP contribution in [0.1, 0.15) is 43.6 Å². The number of piperazine rings is 1. The Hall–Kier alpha value is -2.13. The molecular formula is C20H34N6O3. The van der Waals surface area contributed by atoms with Gasteiger partial charge >= 0.3 is 12.0 Å². The molecule has 3 heterocycles. The molecule has 3 rings (SSSR count). The summed E-state index contributed by atoms with van der Waals surface area (Å²) in [5.41, 5.74) is 6.67. The van der Waals surface area contributed by atoms with E-state index in [-0.39, 0.29) is 24.0 Å². The van der Waals surface area contributed by atoms with Gasteiger partial charge in [-0.1, -0.05) is 6.92 Å². The van der Waals surface area contributed by atoms with Crippen LogP contribution in [0.2, 0.25) is 0 Å². The van der Waals surface area contributed by atoms with Crippen LogP contribution in [-0.2, 0) is 4.74 Å². The first-order valence-corrected chi connectivity index (χ1v) is 10.6. The minimum Gasteiger partial charge on any atom is -0.462 e. The molecule has 2 fully saturated rings. The Kier molecular flexibility index (Phi) is 7.13. The Bertz CT molecular complexity index is 716. The zero-order valence-corrected chi connectivity index (χ0v) is 18.1. The first kappa shape index (κ1) is 21.6. The van der Waals surface area contributed by atoms with Crippen molar-refractivity contribution in [2.24, 2.45) is 0 Å². The molecule has 1 aromatic heterocycles. The number of hydrogen-bond acceptors (Lipinski definition) is 9. The predicted molar refractivity (Wildman–Crippen MR) is 112 cm³/mol. The van der Waals surface area contributed by atoms with E-state index >= 15 is 0 Å². The van der Waals surface area contributed by atoms with Crippen molar-refractivity contribution in [2.45, 2.75) is 45.2 Å². The van der Waals surface area contributed by atoms with E-state index in [0.29, 0.717) is 24.5 Å². The van der Waals surface area contributed by atoms with Gasteiger partial charge in [0.25, 0.3) is 0 Å². The number of hydrogen-bond donors (Lipinski definition) is 1. The molecule has 2 atom stereocenters. The van der Waals surface area contributed by atoms with Crippen LogP contribution in [-0.4, -0.2) is 91.3 Å². The monoisotopic (exact) mass is 406 g/mol. The van der Waals surface area contributed by atoms with Crippen LogP contribution in [0.3, 0.4) is 0 Å². The number of ether oxygens (including phenoxy) is 2. The number of esters is 1. The van der Waals surface area contributed by atoms with E-state index in [1.165, 1.54) is 0 Å². The van der Waals surface area contributed by atoms with Crippen molar-refractivity contribution in [2.75, 3.05) is 64.1 Å². The lowest BCUT2D eigenvalue weighted by Crippen LogP contribution is -2.51. The van der Waals surface area contributed by atoms with Gasteiger partial charge in [0.05, 0.1) is 6.61 Å². The van der Waals surface area contributed by atoms with Crippen molar-refractivity contribution in [3.63, 3.8) is 0 Å². The highest BCUT2D eigenvalue weighted by Gasteiger charge is 2.29. The number of likely N-dealkylation sites (N-methyl/N-ethyl adjacent to an activating group) is 2. The van der Waals surface area contributed by atoms with E-state index in [9.17, 15) is 4.79 Å². The molecule has 0 spiro atoms. The predicted octanol–water partition coefficient (Wildman–Crippen LogP) is 1.24. The third-order valence-corrected chi connectivity index (χ3v) is 6.00. The van der Waals surface area contributed by atoms with Crippen LogP contribution in [0, 0.1) is 0 Å². The number of anilines is 2. The molecule has 2 saturated heterocycles. The van der Waals surface area contributed by atoms with Crippen molar-refractivity contribution in [1.29, 1.82) is 0 Å². The van der Waals surface area contributed by atoms with Crippen molar-refractivity contribution in [3.05, 3.63) is 5.69 Å². The van der Waals surface area contributed by atoms with Crippen molar-refractivity contribution >= 4 is 17.5 Å². The second kappa shape index (κ2) is 9.58. The fourth-order valence-electron chi connectivity index (χ4n) is 4.04. The molecule has 2 aliphatic heterocycles. The Morgan fingerprint density at radius 1 is 1.14 bits per heavy atom. The fourth-order valence-corrected chi connectivity index (χ4v) is 4.04. The number of carbonyl (C=O) groups excluding carboxylic acids is 1. The Morgan fingerprint density at radius 3 is 2.55 bits per heavy atom. The average Bonchev–Trinajstić information content (AvgIpc) is 3.12. The molecule has 0 bridgehead atoms. The van der Waals surface area contributed by atoms with Gasteiger partial charge in [0.2, 0.25) is 0 Å². The minimum atomic E-state index is -0.544. The second-order valence-electron chi connectivity index (χ2n) is 7.89. The number of nitrogens with zero attached hydrogens (tertiary/aromatic N) is 5. The average molecular weight is 407 g/mol. The zero-order valence-electron chi connectivity index (χ0n) is 18.1. The summed E-state index contributed by atoms with van der Waals surface area (Å²) in [7, 11) is 4.22. The van der Waals surface area contributed by atoms with Gasteiger partial charge in [-0.3, -0.25) is 4.90 Å². The van der Waals surface area contributed by atoms with Gasteiger partial charge in [-0.15, -0.1) is 0 Å². The zero-order chi connectivity index (χ0) is 21.0. The van der Waals surface area contributed by atoms with E-state index in [1.807, 2.05) is 0 Å². The highest BCUT2D eigenvalue weighted by atomic mass is 16.5. The molecular weight excluding hydrogens is 372 g/mol. The summed E-state index contributed by atoms with van der Waals surface area (Å²) < 4.78 is 11.1. The molecule has 29 heavy (non-hydrogen) atoms. The SMILES string of the molecule is CCOC(=O)c1nc(OC[C@@H]2CCCN2C)nc(N2CCN(C)C(CC)C2)c1N. The number of carbonyl (C=O) groups is 1. The van der Waals surface area contributed by atoms with Gasteiger partial charge in [0, 0.05) is 31.7 Å². The summed E-state index contributed by atoms with van der Waals surface area (Å²) >= 11 is 0. The van der Waals surface area contributed by atoms with E-state index in [0.717, 1.165) is 45.4 Å². The van der Waals surface area contributed by atoms with Gasteiger partial charge in [0.1, 0.15) is 12.3 Å². The summed E-state index contributed by atoms with van der Waals surface area (Å²) in [5, 5.41) is 0. The topological polar surface area (TPSA) is 97.0 Å². The normalized spacial score (nSPS) is 23.4. The van der Waals surface area contributed by atoms with Crippen LogP contribution >= 0.6 is 0 Å². The molecule has 0 amide bonds. The lowest BCUT2D eigenvalue weighted by Gasteiger charge is -2.40. The maximum Gasteiger partial charge on any atom is 0.359 e. The number of nitrogens with two attached hydrogens (primary N) is 1. The molecule has 1 aromatic rings. The molecule has 9 heteroatoms. The van der Waals surface area contributed by atoms with Gasteiger partial charge in [-0.25, -0.2) is 4.79 Å². The van der Waals surface area contributed by atoms with Gasteiger partial charge in [-0.05, 0) is 46.8 Å². The number of rotatable bonds is 7. The molecule has 1 unspecified atom stereocenters. The fraction of sp³-hybridized carbons (Fsp3) is 0.750. The van der Waals surface area contributed by atoms with Crippen LogP contribution in [0.4, 0.5) is 11.5 Å².